The molecule has 2 saturated heterocycles. The summed E-state index contributed by atoms with van der Waals surface area (Å²) in [5.74, 6) is -2.14. The summed E-state index contributed by atoms with van der Waals surface area (Å²) in [5.41, 5.74) is 0.306. The van der Waals surface area contributed by atoms with Gasteiger partial charge in [-0.3, -0.25) is 9.59 Å². The van der Waals surface area contributed by atoms with Crippen LogP contribution in [0.2, 0.25) is 5.02 Å². The van der Waals surface area contributed by atoms with Crippen molar-refractivity contribution in [3.63, 3.8) is 0 Å². The molecule has 0 unspecified atom stereocenters. The van der Waals surface area contributed by atoms with E-state index in [0.29, 0.717) is 5.69 Å². The van der Waals surface area contributed by atoms with Gasteiger partial charge in [-0.05, 0) is 18.2 Å². The quantitative estimate of drug-likeness (QED) is 0.587. The molecule has 0 saturated carbocycles. The molecule has 0 N–H and O–H groups in total. The van der Waals surface area contributed by atoms with Crippen LogP contribution in [0.4, 0.5) is 10.1 Å². The van der Waals surface area contributed by atoms with Crippen molar-refractivity contribution in [3.05, 3.63) is 41.2 Å². The third-order valence-corrected chi connectivity index (χ3v) is 4.36. The van der Waals surface area contributed by atoms with E-state index in [1.54, 1.807) is 0 Å². The molecule has 102 valence electrons. The van der Waals surface area contributed by atoms with Crippen LogP contribution in [0.3, 0.4) is 0 Å². The zero-order chi connectivity index (χ0) is 14.0. The number of hydrogen-bond acceptors (Lipinski definition) is 3. The molecule has 4 nitrogen and oxygen atoms in total. The van der Waals surface area contributed by atoms with Gasteiger partial charge in [-0.25, -0.2) is 9.29 Å². The average molecular weight is 294 g/mol. The zero-order valence-electron chi connectivity index (χ0n) is 10.1. The molecule has 4 atom stereocenters. The average Bonchev–Trinajstić information content (AvgIpc) is 3.08. The maximum absolute atomic E-state index is 13.2. The van der Waals surface area contributed by atoms with E-state index in [-0.39, 0.29) is 29.0 Å². The van der Waals surface area contributed by atoms with E-state index in [1.807, 2.05) is 12.2 Å². The Morgan fingerprint density at radius 3 is 2.25 bits per heavy atom. The molecule has 2 fully saturated rings. The van der Waals surface area contributed by atoms with Gasteiger partial charge >= 0.3 is 0 Å². The molecule has 4 rings (SSSR count). The SMILES string of the molecule is O=C1[C@@H]2[C@@H](C(=O)N1c1ccc(F)c(Cl)c1)[C@H]1C=C[C@H]2O1. The van der Waals surface area contributed by atoms with E-state index in [4.69, 9.17) is 16.3 Å². The van der Waals surface area contributed by atoms with Crippen molar-refractivity contribution < 1.29 is 18.7 Å². The van der Waals surface area contributed by atoms with Crippen molar-refractivity contribution in [3.8, 4) is 0 Å². The first kappa shape index (κ1) is 12.1. The summed E-state index contributed by atoms with van der Waals surface area (Å²) in [6.45, 7) is 0. The van der Waals surface area contributed by atoms with E-state index < -0.39 is 17.7 Å². The van der Waals surface area contributed by atoms with Crippen molar-refractivity contribution in [1.29, 1.82) is 0 Å². The first-order valence-electron chi connectivity index (χ1n) is 6.24. The van der Waals surface area contributed by atoms with Crippen molar-refractivity contribution >= 4 is 29.1 Å². The number of benzene rings is 1. The molecule has 2 amide bonds. The van der Waals surface area contributed by atoms with E-state index >= 15 is 0 Å². The van der Waals surface area contributed by atoms with Gasteiger partial charge < -0.3 is 4.74 Å². The largest absolute Gasteiger partial charge is 0.365 e. The molecule has 3 heterocycles. The summed E-state index contributed by atoms with van der Waals surface area (Å²) in [7, 11) is 0. The standard InChI is InChI=1S/C14H9ClFNO3/c15-7-5-6(1-2-8(7)16)17-13(18)11-9-3-4-10(20-9)12(11)14(17)19/h1-5,9-12H/t9-,10-,11+,12+/m1/s1. The minimum atomic E-state index is -0.584. The maximum atomic E-state index is 13.2. The minimum Gasteiger partial charge on any atom is -0.365 e. The summed E-state index contributed by atoms with van der Waals surface area (Å²) in [6, 6.07) is 3.83. The lowest BCUT2D eigenvalue weighted by molar-refractivity contribution is -0.124. The number of nitrogens with zero attached hydrogens (tertiary/aromatic N) is 1. The number of amides is 2. The van der Waals surface area contributed by atoms with Crippen molar-refractivity contribution in [2.75, 3.05) is 4.90 Å². The number of imide groups is 1. The van der Waals surface area contributed by atoms with Crippen LogP contribution in [-0.2, 0) is 14.3 Å². The molecule has 0 radical (unpaired) electrons. The highest BCUT2D eigenvalue weighted by molar-refractivity contribution is 6.31. The van der Waals surface area contributed by atoms with Gasteiger partial charge in [0.05, 0.1) is 34.8 Å². The molecule has 0 spiro atoms. The second-order valence-corrected chi connectivity index (χ2v) is 5.52. The summed E-state index contributed by atoms with van der Waals surface area (Å²) in [5, 5.41) is -0.113. The Kier molecular flexibility index (Phi) is 2.35. The fraction of sp³-hybridized carbons (Fsp3) is 0.286. The Morgan fingerprint density at radius 1 is 1.10 bits per heavy atom. The molecule has 1 aromatic rings. The van der Waals surface area contributed by atoms with Gasteiger partial charge in [0.1, 0.15) is 5.82 Å². The highest BCUT2D eigenvalue weighted by atomic mass is 35.5. The third kappa shape index (κ3) is 1.39. The Hall–Kier alpha value is -1.72. The van der Waals surface area contributed by atoms with Gasteiger partial charge in [-0.15, -0.1) is 0 Å². The molecular formula is C14H9ClFNO3. The van der Waals surface area contributed by atoms with Crippen molar-refractivity contribution in [2.24, 2.45) is 11.8 Å². The van der Waals surface area contributed by atoms with E-state index in [9.17, 15) is 14.0 Å². The molecule has 6 heteroatoms. The lowest BCUT2D eigenvalue weighted by atomic mass is 9.85. The Bertz CT molecular complexity index is 644. The predicted octanol–water partition coefficient (Wildman–Crippen LogP) is 1.92. The number of halogens is 2. The Labute approximate surface area is 118 Å². The number of fused-ring (bicyclic) bond motifs is 5. The van der Waals surface area contributed by atoms with Crippen LogP contribution in [0, 0.1) is 17.7 Å². The fourth-order valence-corrected chi connectivity index (χ4v) is 3.36. The number of carbonyl (C=O) groups is 2. The second-order valence-electron chi connectivity index (χ2n) is 5.11. The first-order valence-corrected chi connectivity index (χ1v) is 6.62. The monoisotopic (exact) mass is 293 g/mol. The number of rotatable bonds is 1. The minimum absolute atomic E-state index is 0.113. The number of anilines is 1. The van der Waals surface area contributed by atoms with Gasteiger partial charge in [-0.1, -0.05) is 23.8 Å². The van der Waals surface area contributed by atoms with Gasteiger partial charge in [0.25, 0.3) is 0 Å². The number of carbonyl (C=O) groups excluding carboxylic acids is 2. The zero-order valence-corrected chi connectivity index (χ0v) is 10.9. The Morgan fingerprint density at radius 2 is 1.70 bits per heavy atom. The van der Waals surface area contributed by atoms with E-state index in [1.165, 1.54) is 12.1 Å². The van der Waals surface area contributed by atoms with Crippen LogP contribution in [0.5, 0.6) is 0 Å². The molecule has 3 aliphatic heterocycles. The predicted molar refractivity (Wildman–Crippen MR) is 68.7 cm³/mol. The van der Waals surface area contributed by atoms with Crippen LogP contribution in [0.25, 0.3) is 0 Å². The van der Waals surface area contributed by atoms with E-state index in [2.05, 4.69) is 0 Å². The third-order valence-electron chi connectivity index (χ3n) is 4.07. The fourth-order valence-electron chi connectivity index (χ4n) is 3.18. The summed E-state index contributed by atoms with van der Waals surface area (Å²) in [4.78, 5) is 26.0. The summed E-state index contributed by atoms with van der Waals surface area (Å²) >= 11 is 5.72. The van der Waals surface area contributed by atoms with Crippen LogP contribution >= 0.6 is 11.6 Å². The van der Waals surface area contributed by atoms with E-state index in [0.717, 1.165) is 11.0 Å². The highest BCUT2D eigenvalue weighted by Gasteiger charge is 2.61. The summed E-state index contributed by atoms with van der Waals surface area (Å²) < 4.78 is 18.7. The Balaban J connectivity index is 1.76. The summed E-state index contributed by atoms with van der Waals surface area (Å²) in [6.07, 6.45) is 2.97. The normalized spacial score (nSPS) is 34.2. The number of hydrogen-bond donors (Lipinski definition) is 0. The number of ether oxygens (including phenoxy) is 1. The first-order chi connectivity index (χ1) is 9.58. The van der Waals surface area contributed by atoms with Crippen LogP contribution < -0.4 is 4.90 Å². The van der Waals surface area contributed by atoms with Crippen LogP contribution in [0.1, 0.15) is 0 Å². The van der Waals surface area contributed by atoms with Crippen LogP contribution in [0.15, 0.2) is 30.4 Å². The molecule has 20 heavy (non-hydrogen) atoms. The topological polar surface area (TPSA) is 46.6 Å². The highest BCUT2D eigenvalue weighted by Crippen LogP contribution is 2.46. The van der Waals surface area contributed by atoms with Gasteiger partial charge in [0.15, 0.2) is 0 Å². The van der Waals surface area contributed by atoms with Crippen molar-refractivity contribution in [1.82, 2.24) is 0 Å². The van der Waals surface area contributed by atoms with Gasteiger partial charge in [-0.2, -0.15) is 0 Å². The molecule has 2 bridgehead atoms. The molecule has 1 aromatic carbocycles. The smallest absolute Gasteiger partial charge is 0.240 e. The van der Waals surface area contributed by atoms with Gasteiger partial charge in [0, 0.05) is 0 Å². The lowest BCUT2D eigenvalue weighted by Crippen LogP contribution is -2.34. The molecule has 3 aliphatic rings. The van der Waals surface area contributed by atoms with Crippen LogP contribution in [-0.4, -0.2) is 24.0 Å². The lowest BCUT2D eigenvalue weighted by Gasteiger charge is -2.17. The molecule has 0 aliphatic carbocycles. The molecular weight excluding hydrogens is 285 g/mol. The van der Waals surface area contributed by atoms with Crippen molar-refractivity contribution in [2.45, 2.75) is 12.2 Å². The maximum Gasteiger partial charge on any atom is 0.240 e. The molecule has 0 aromatic heterocycles. The second kappa shape index (κ2) is 3.90. The van der Waals surface area contributed by atoms with Gasteiger partial charge in [0.2, 0.25) is 11.8 Å².